The lowest BCUT2D eigenvalue weighted by Crippen LogP contribution is -2.31. The first kappa shape index (κ1) is 18.1. The molecule has 1 saturated heterocycles. The largest absolute Gasteiger partial charge is 0.376 e. The first-order valence-corrected chi connectivity index (χ1v) is 9.42. The average molecular weight is 374 g/mol. The molecule has 1 atom stereocenters. The number of hydrogen-bond donors (Lipinski definition) is 2. The molecule has 2 heterocycles. The summed E-state index contributed by atoms with van der Waals surface area (Å²) < 4.78 is 5.55. The van der Waals surface area contributed by atoms with Crippen LogP contribution in [-0.2, 0) is 4.74 Å². The Morgan fingerprint density at radius 3 is 2.79 bits per heavy atom. The van der Waals surface area contributed by atoms with Gasteiger partial charge in [-0.1, -0.05) is 36.4 Å². The maximum absolute atomic E-state index is 12.4. The Bertz CT molecular complexity index is 940. The van der Waals surface area contributed by atoms with Crippen LogP contribution in [0, 0.1) is 0 Å². The van der Waals surface area contributed by atoms with E-state index in [9.17, 15) is 4.79 Å². The fourth-order valence-electron chi connectivity index (χ4n) is 3.19. The smallest absolute Gasteiger partial charge is 0.251 e. The van der Waals surface area contributed by atoms with Crippen molar-refractivity contribution in [2.45, 2.75) is 18.9 Å². The van der Waals surface area contributed by atoms with Crippen molar-refractivity contribution in [1.82, 2.24) is 15.3 Å². The summed E-state index contributed by atoms with van der Waals surface area (Å²) in [7, 11) is 0. The standard InChI is InChI=1S/C22H22N4O2/c27-22(23-14-19-10-5-11-28-19)17-8-4-9-18(12-17)26-21-13-20(24-15-25-21)16-6-2-1-3-7-16/h1-4,6-9,12-13,15,19H,5,10-11,14H2,(H,23,27)(H,24,25,26). The molecular weight excluding hydrogens is 352 g/mol. The van der Waals surface area contributed by atoms with Crippen molar-refractivity contribution in [2.24, 2.45) is 0 Å². The van der Waals surface area contributed by atoms with Crippen LogP contribution >= 0.6 is 0 Å². The summed E-state index contributed by atoms with van der Waals surface area (Å²) >= 11 is 0. The molecule has 142 valence electrons. The molecule has 0 spiro atoms. The highest BCUT2D eigenvalue weighted by atomic mass is 16.5. The predicted molar refractivity (Wildman–Crippen MR) is 108 cm³/mol. The van der Waals surface area contributed by atoms with Crippen LogP contribution < -0.4 is 10.6 Å². The van der Waals surface area contributed by atoms with Crippen molar-refractivity contribution in [3.05, 3.63) is 72.6 Å². The summed E-state index contributed by atoms with van der Waals surface area (Å²) in [6.45, 7) is 1.33. The number of benzene rings is 2. The molecule has 0 bridgehead atoms. The number of aromatic nitrogens is 2. The molecule has 0 aliphatic carbocycles. The van der Waals surface area contributed by atoms with Crippen molar-refractivity contribution >= 4 is 17.4 Å². The third-order valence-electron chi connectivity index (χ3n) is 4.65. The summed E-state index contributed by atoms with van der Waals surface area (Å²) in [6.07, 6.45) is 3.72. The minimum atomic E-state index is -0.105. The maximum atomic E-state index is 12.4. The third-order valence-corrected chi connectivity index (χ3v) is 4.65. The number of carbonyl (C=O) groups excluding carboxylic acids is 1. The van der Waals surface area contributed by atoms with E-state index < -0.39 is 0 Å². The highest BCUT2D eigenvalue weighted by Gasteiger charge is 2.16. The van der Waals surface area contributed by atoms with Crippen molar-refractivity contribution in [3.63, 3.8) is 0 Å². The van der Waals surface area contributed by atoms with E-state index in [2.05, 4.69) is 20.6 Å². The van der Waals surface area contributed by atoms with Crippen LogP contribution in [-0.4, -0.2) is 35.1 Å². The summed E-state index contributed by atoms with van der Waals surface area (Å²) in [6, 6.07) is 19.2. The van der Waals surface area contributed by atoms with E-state index in [1.807, 2.05) is 54.6 Å². The van der Waals surface area contributed by atoms with Crippen molar-refractivity contribution in [1.29, 1.82) is 0 Å². The average Bonchev–Trinajstić information content (AvgIpc) is 3.27. The van der Waals surface area contributed by atoms with Gasteiger partial charge in [0.15, 0.2) is 0 Å². The second-order valence-corrected chi connectivity index (χ2v) is 6.71. The Morgan fingerprint density at radius 1 is 1.07 bits per heavy atom. The van der Waals surface area contributed by atoms with E-state index in [1.54, 1.807) is 6.07 Å². The van der Waals surface area contributed by atoms with Gasteiger partial charge >= 0.3 is 0 Å². The molecule has 1 aliphatic heterocycles. The molecule has 2 aromatic carbocycles. The van der Waals surface area contributed by atoms with Gasteiger partial charge in [0.2, 0.25) is 0 Å². The van der Waals surface area contributed by atoms with E-state index in [4.69, 9.17) is 4.74 Å². The lowest BCUT2D eigenvalue weighted by atomic mass is 10.1. The fourth-order valence-corrected chi connectivity index (χ4v) is 3.19. The second kappa shape index (κ2) is 8.63. The zero-order chi connectivity index (χ0) is 19.2. The Hall–Kier alpha value is -3.25. The van der Waals surface area contributed by atoms with Gasteiger partial charge in [0.25, 0.3) is 5.91 Å². The Kier molecular flexibility index (Phi) is 5.58. The van der Waals surface area contributed by atoms with Gasteiger partial charge in [0, 0.05) is 36.0 Å². The van der Waals surface area contributed by atoms with Crippen LogP contribution in [0.5, 0.6) is 0 Å². The molecule has 6 nitrogen and oxygen atoms in total. The lowest BCUT2D eigenvalue weighted by molar-refractivity contribution is 0.0858. The molecule has 1 unspecified atom stereocenters. The lowest BCUT2D eigenvalue weighted by Gasteiger charge is -2.12. The summed E-state index contributed by atoms with van der Waals surface area (Å²) in [5, 5.41) is 6.20. The zero-order valence-corrected chi connectivity index (χ0v) is 15.5. The van der Waals surface area contributed by atoms with Gasteiger partial charge in [0.05, 0.1) is 11.8 Å². The normalized spacial score (nSPS) is 15.9. The van der Waals surface area contributed by atoms with Crippen molar-refractivity contribution < 1.29 is 9.53 Å². The van der Waals surface area contributed by atoms with Gasteiger partial charge in [-0.05, 0) is 31.0 Å². The number of anilines is 2. The Morgan fingerprint density at radius 2 is 1.96 bits per heavy atom. The molecule has 1 fully saturated rings. The molecule has 1 aliphatic rings. The molecule has 1 amide bonds. The van der Waals surface area contributed by atoms with Gasteiger partial charge in [-0.25, -0.2) is 9.97 Å². The predicted octanol–water partition coefficient (Wildman–Crippen LogP) is 3.80. The molecule has 0 radical (unpaired) electrons. The number of rotatable bonds is 6. The van der Waals surface area contributed by atoms with Crippen LogP contribution in [0.3, 0.4) is 0 Å². The quantitative estimate of drug-likeness (QED) is 0.686. The van der Waals surface area contributed by atoms with Gasteiger partial charge in [0.1, 0.15) is 12.1 Å². The van der Waals surface area contributed by atoms with Gasteiger partial charge in [-0.2, -0.15) is 0 Å². The minimum absolute atomic E-state index is 0.105. The molecule has 0 saturated carbocycles. The van der Waals surface area contributed by atoms with Gasteiger partial charge < -0.3 is 15.4 Å². The van der Waals surface area contributed by atoms with E-state index in [-0.39, 0.29) is 12.0 Å². The minimum Gasteiger partial charge on any atom is -0.376 e. The first-order valence-electron chi connectivity index (χ1n) is 9.42. The van der Waals surface area contributed by atoms with Crippen LogP contribution in [0.15, 0.2) is 67.0 Å². The Labute approximate surface area is 164 Å². The molecule has 2 N–H and O–H groups in total. The number of hydrogen-bond acceptors (Lipinski definition) is 5. The SMILES string of the molecule is O=C(NCC1CCCO1)c1cccc(Nc2cc(-c3ccccc3)ncn2)c1. The number of ether oxygens (including phenoxy) is 1. The van der Waals surface area contributed by atoms with E-state index in [0.717, 1.165) is 36.4 Å². The van der Waals surface area contributed by atoms with Gasteiger partial charge in [-0.3, -0.25) is 4.79 Å². The highest BCUT2D eigenvalue weighted by molar-refractivity contribution is 5.95. The monoisotopic (exact) mass is 374 g/mol. The number of nitrogens with one attached hydrogen (secondary N) is 2. The van der Waals surface area contributed by atoms with E-state index >= 15 is 0 Å². The summed E-state index contributed by atoms with van der Waals surface area (Å²) in [5.74, 6) is 0.567. The number of nitrogens with zero attached hydrogens (tertiary/aromatic N) is 2. The molecule has 1 aromatic heterocycles. The summed E-state index contributed by atoms with van der Waals surface area (Å²) in [4.78, 5) is 21.0. The molecule has 28 heavy (non-hydrogen) atoms. The molecule has 4 rings (SSSR count). The number of amides is 1. The van der Waals surface area contributed by atoms with Crippen molar-refractivity contribution in [3.8, 4) is 11.3 Å². The molecular formula is C22H22N4O2. The van der Waals surface area contributed by atoms with Crippen LogP contribution in [0.2, 0.25) is 0 Å². The van der Waals surface area contributed by atoms with E-state index in [1.165, 1.54) is 6.33 Å². The van der Waals surface area contributed by atoms with Crippen LogP contribution in [0.25, 0.3) is 11.3 Å². The van der Waals surface area contributed by atoms with E-state index in [0.29, 0.717) is 17.9 Å². The van der Waals surface area contributed by atoms with Crippen LogP contribution in [0.1, 0.15) is 23.2 Å². The van der Waals surface area contributed by atoms with Crippen molar-refractivity contribution in [2.75, 3.05) is 18.5 Å². The van der Waals surface area contributed by atoms with Gasteiger partial charge in [-0.15, -0.1) is 0 Å². The first-order chi connectivity index (χ1) is 13.8. The highest BCUT2D eigenvalue weighted by Crippen LogP contribution is 2.21. The molecule has 6 heteroatoms. The number of carbonyl (C=O) groups is 1. The fraction of sp³-hybridized carbons (Fsp3) is 0.227. The maximum Gasteiger partial charge on any atom is 0.251 e. The van der Waals surface area contributed by atoms with Crippen LogP contribution in [0.4, 0.5) is 11.5 Å². The topological polar surface area (TPSA) is 76.1 Å². The Balaban J connectivity index is 1.44. The summed E-state index contributed by atoms with van der Waals surface area (Å²) in [5.41, 5.74) is 3.25. The zero-order valence-electron chi connectivity index (χ0n) is 15.5. The second-order valence-electron chi connectivity index (χ2n) is 6.71. The molecule has 3 aromatic rings. The third kappa shape index (κ3) is 4.53.